The van der Waals surface area contributed by atoms with E-state index in [0.29, 0.717) is 5.56 Å². The Balaban J connectivity index is 2.27. The summed E-state index contributed by atoms with van der Waals surface area (Å²) in [5, 5.41) is 20.5. The number of oxime groups is 1. The number of rotatable bonds is 4. The molecule has 2 aromatic rings. The molecule has 0 unspecified atom stereocenters. The van der Waals surface area contributed by atoms with Crippen LogP contribution in [0.25, 0.3) is 0 Å². The highest BCUT2D eigenvalue weighted by atomic mass is 32.2. The van der Waals surface area contributed by atoms with E-state index < -0.39 is 0 Å². The Bertz CT molecular complexity index is 613. The fourth-order valence-corrected chi connectivity index (χ4v) is 3.77. The quantitative estimate of drug-likeness (QED) is 0.293. The summed E-state index contributed by atoms with van der Waals surface area (Å²) in [6.45, 7) is 1.85. The van der Waals surface area contributed by atoms with Crippen LogP contribution >= 0.6 is 34.9 Å². The van der Waals surface area contributed by atoms with Crippen LogP contribution < -0.4 is 5.73 Å². The van der Waals surface area contributed by atoms with Crippen molar-refractivity contribution in [1.82, 2.24) is 15.2 Å². The van der Waals surface area contributed by atoms with Gasteiger partial charge in [-0.3, -0.25) is 0 Å². The van der Waals surface area contributed by atoms with Gasteiger partial charge in [-0.05, 0) is 37.1 Å². The van der Waals surface area contributed by atoms with E-state index in [1.807, 2.05) is 13.2 Å². The van der Waals surface area contributed by atoms with Gasteiger partial charge in [-0.1, -0.05) is 28.3 Å². The fraction of sp³-hybridized carbons (Fsp3) is 0.200. The number of nitrogens with zero attached hydrogens (tertiary/aromatic N) is 4. The molecule has 2 aromatic heterocycles. The molecule has 0 saturated heterocycles. The molecule has 3 N–H and O–H groups in total. The van der Waals surface area contributed by atoms with Crippen LogP contribution in [0.4, 0.5) is 0 Å². The smallest absolute Gasteiger partial charge is 0.181 e. The van der Waals surface area contributed by atoms with Crippen molar-refractivity contribution in [2.45, 2.75) is 20.6 Å². The lowest BCUT2D eigenvalue weighted by molar-refractivity contribution is 0.318. The summed E-state index contributed by atoms with van der Waals surface area (Å²) in [4.78, 5) is 4.38. The fourth-order valence-electron chi connectivity index (χ4n) is 1.31. The minimum absolute atomic E-state index is 0.0643. The Kier molecular flexibility index (Phi) is 4.61. The minimum atomic E-state index is 0.0643. The average molecular weight is 313 g/mol. The maximum absolute atomic E-state index is 8.71. The molecule has 100 valence electrons. The van der Waals surface area contributed by atoms with Gasteiger partial charge < -0.3 is 10.9 Å². The zero-order valence-corrected chi connectivity index (χ0v) is 12.6. The van der Waals surface area contributed by atoms with Crippen LogP contribution in [-0.4, -0.2) is 32.5 Å². The van der Waals surface area contributed by atoms with Crippen molar-refractivity contribution < 1.29 is 5.21 Å². The SMILES string of the molecule is CSc1nnc(Sc2cc(/C(N)=N/O)cc(C)n2)s1. The summed E-state index contributed by atoms with van der Waals surface area (Å²) >= 11 is 4.47. The summed E-state index contributed by atoms with van der Waals surface area (Å²) in [5.74, 6) is 0.0643. The lowest BCUT2D eigenvalue weighted by Gasteiger charge is -2.03. The first kappa shape index (κ1) is 14.1. The summed E-state index contributed by atoms with van der Waals surface area (Å²) in [7, 11) is 0. The van der Waals surface area contributed by atoms with Gasteiger partial charge in [0.25, 0.3) is 0 Å². The van der Waals surface area contributed by atoms with Crippen molar-refractivity contribution >= 4 is 40.7 Å². The van der Waals surface area contributed by atoms with E-state index in [2.05, 4.69) is 20.3 Å². The number of aromatic nitrogens is 3. The van der Waals surface area contributed by atoms with E-state index in [0.717, 1.165) is 19.4 Å². The summed E-state index contributed by atoms with van der Waals surface area (Å²) in [5.41, 5.74) is 7.01. The Morgan fingerprint density at radius 3 is 2.74 bits per heavy atom. The van der Waals surface area contributed by atoms with Crippen molar-refractivity contribution in [3.05, 3.63) is 23.4 Å². The molecule has 0 amide bonds. The van der Waals surface area contributed by atoms with Gasteiger partial charge >= 0.3 is 0 Å². The molecule has 19 heavy (non-hydrogen) atoms. The van der Waals surface area contributed by atoms with E-state index >= 15 is 0 Å². The van der Waals surface area contributed by atoms with Crippen molar-refractivity contribution in [2.75, 3.05) is 6.26 Å². The summed E-state index contributed by atoms with van der Waals surface area (Å²) in [6, 6.07) is 3.51. The maximum atomic E-state index is 8.71. The van der Waals surface area contributed by atoms with Crippen molar-refractivity contribution in [3.8, 4) is 0 Å². The first-order chi connectivity index (χ1) is 9.12. The Morgan fingerprint density at radius 2 is 2.11 bits per heavy atom. The van der Waals surface area contributed by atoms with Gasteiger partial charge in [-0.25, -0.2) is 4.98 Å². The molecule has 0 saturated carbocycles. The molecule has 0 atom stereocenters. The molecule has 9 heteroatoms. The van der Waals surface area contributed by atoms with Crippen LogP contribution in [0.2, 0.25) is 0 Å². The molecule has 2 rings (SSSR count). The predicted octanol–water partition coefficient (Wildman–Crippen LogP) is 2.21. The molecule has 0 aliphatic rings. The number of pyridine rings is 1. The van der Waals surface area contributed by atoms with E-state index in [1.54, 1.807) is 23.9 Å². The monoisotopic (exact) mass is 313 g/mol. The topological polar surface area (TPSA) is 97.3 Å². The van der Waals surface area contributed by atoms with Crippen LogP contribution in [0.1, 0.15) is 11.3 Å². The number of aryl methyl sites for hydroxylation is 1. The molecule has 0 bridgehead atoms. The standard InChI is InChI=1S/C10H11N5OS3/c1-5-3-6(8(11)15-16)4-7(12-5)18-10-14-13-9(17-2)19-10/h3-4,16H,1-2H3,(H2,11,15). The number of nitrogens with two attached hydrogens (primary N) is 1. The van der Waals surface area contributed by atoms with Gasteiger partial charge in [0.2, 0.25) is 0 Å². The van der Waals surface area contributed by atoms with Gasteiger partial charge in [-0.2, -0.15) is 0 Å². The van der Waals surface area contributed by atoms with E-state index in [-0.39, 0.29) is 5.84 Å². The highest BCUT2D eigenvalue weighted by molar-refractivity contribution is 8.02. The molecule has 0 aliphatic heterocycles. The van der Waals surface area contributed by atoms with Gasteiger partial charge in [0.05, 0.1) is 0 Å². The Labute approximate surface area is 122 Å². The van der Waals surface area contributed by atoms with Crippen LogP contribution in [0, 0.1) is 6.92 Å². The first-order valence-electron chi connectivity index (χ1n) is 5.14. The van der Waals surface area contributed by atoms with Crippen LogP contribution in [0.3, 0.4) is 0 Å². The minimum Gasteiger partial charge on any atom is -0.409 e. The lowest BCUT2D eigenvalue weighted by atomic mass is 10.2. The van der Waals surface area contributed by atoms with Gasteiger partial charge in [-0.15, -0.1) is 10.2 Å². The third-order valence-corrected chi connectivity index (χ3v) is 4.96. The molecular formula is C10H11N5OS3. The van der Waals surface area contributed by atoms with Crippen LogP contribution in [0.5, 0.6) is 0 Å². The molecule has 0 aliphatic carbocycles. The van der Waals surface area contributed by atoms with Gasteiger partial charge in [0, 0.05) is 11.3 Å². The second-order valence-corrected chi connectivity index (χ2v) is 6.76. The van der Waals surface area contributed by atoms with Gasteiger partial charge in [0.1, 0.15) is 5.03 Å². The second-order valence-electron chi connectivity index (χ2n) is 3.46. The third-order valence-electron chi connectivity index (χ3n) is 2.09. The third kappa shape index (κ3) is 3.58. The molecule has 6 nitrogen and oxygen atoms in total. The van der Waals surface area contributed by atoms with Crippen LogP contribution in [-0.2, 0) is 0 Å². The first-order valence-corrected chi connectivity index (χ1v) is 8.00. The van der Waals surface area contributed by atoms with Crippen LogP contribution in [0.15, 0.2) is 31.0 Å². The molecule has 0 radical (unpaired) electrons. The normalized spacial score (nSPS) is 11.8. The zero-order valence-electron chi connectivity index (χ0n) is 10.2. The molecule has 0 spiro atoms. The zero-order chi connectivity index (χ0) is 13.8. The largest absolute Gasteiger partial charge is 0.409 e. The van der Waals surface area contributed by atoms with Crippen molar-refractivity contribution in [2.24, 2.45) is 10.9 Å². The lowest BCUT2D eigenvalue weighted by Crippen LogP contribution is -2.13. The Morgan fingerprint density at radius 1 is 1.37 bits per heavy atom. The Hall–Kier alpha value is -1.32. The number of hydrogen-bond donors (Lipinski definition) is 2. The molecule has 0 aromatic carbocycles. The summed E-state index contributed by atoms with van der Waals surface area (Å²) < 4.78 is 1.72. The molecule has 2 heterocycles. The number of hydrogen-bond acceptors (Lipinski definition) is 8. The van der Waals surface area contributed by atoms with Gasteiger partial charge in [0.15, 0.2) is 14.5 Å². The highest BCUT2D eigenvalue weighted by Gasteiger charge is 2.09. The van der Waals surface area contributed by atoms with E-state index in [9.17, 15) is 0 Å². The number of amidine groups is 1. The van der Waals surface area contributed by atoms with Crippen molar-refractivity contribution in [3.63, 3.8) is 0 Å². The average Bonchev–Trinajstić information content (AvgIpc) is 2.84. The summed E-state index contributed by atoms with van der Waals surface area (Å²) in [6.07, 6.45) is 1.95. The number of thioether (sulfide) groups is 1. The second kappa shape index (κ2) is 6.22. The molecular weight excluding hydrogens is 302 g/mol. The predicted molar refractivity (Wildman–Crippen MR) is 77.3 cm³/mol. The molecule has 0 fully saturated rings. The van der Waals surface area contributed by atoms with E-state index in [1.165, 1.54) is 23.1 Å². The maximum Gasteiger partial charge on any atom is 0.181 e. The van der Waals surface area contributed by atoms with E-state index in [4.69, 9.17) is 10.9 Å². The van der Waals surface area contributed by atoms with Crippen molar-refractivity contribution in [1.29, 1.82) is 0 Å². The highest BCUT2D eigenvalue weighted by Crippen LogP contribution is 2.32.